The maximum absolute atomic E-state index is 13.4. The highest BCUT2D eigenvalue weighted by molar-refractivity contribution is 7.91. The lowest BCUT2D eigenvalue weighted by atomic mass is 9.93. The molecule has 2 aliphatic heterocycles. The zero-order valence-electron chi connectivity index (χ0n) is 19.4. The van der Waals surface area contributed by atoms with E-state index >= 15 is 0 Å². The molecular weight excluding hydrogens is 521 g/mol. The minimum atomic E-state index is -4.96. The van der Waals surface area contributed by atoms with E-state index < -0.39 is 34.0 Å². The first-order chi connectivity index (χ1) is 16.9. The number of ether oxygens (including phenoxy) is 1. The number of carbonyl (C=O) groups excluding carboxylic acids is 1. The van der Waals surface area contributed by atoms with Crippen molar-refractivity contribution in [3.63, 3.8) is 0 Å². The Morgan fingerprint density at radius 1 is 1.17 bits per heavy atom. The van der Waals surface area contributed by atoms with Crippen LogP contribution in [0.25, 0.3) is 6.08 Å². The molecule has 4 rings (SSSR count). The van der Waals surface area contributed by atoms with Gasteiger partial charge < -0.3 is 15.0 Å². The lowest BCUT2D eigenvalue weighted by Crippen LogP contribution is -2.47. The molecule has 0 spiro atoms. The fraction of sp³-hybridized carbons (Fsp3) is 0.348. The highest BCUT2D eigenvalue weighted by Gasteiger charge is 2.36. The van der Waals surface area contributed by atoms with Crippen LogP contribution in [0, 0.1) is 0 Å². The molecule has 2 amide bonds. The van der Waals surface area contributed by atoms with Crippen molar-refractivity contribution < 1.29 is 31.1 Å². The van der Waals surface area contributed by atoms with E-state index in [1.54, 1.807) is 48.2 Å². The first-order valence-corrected chi connectivity index (χ1v) is 13.2. The van der Waals surface area contributed by atoms with E-state index in [2.05, 4.69) is 15.5 Å². The molecule has 0 aliphatic carbocycles. The van der Waals surface area contributed by atoms with Crippen LogP contribution in [-0.2, 0) is 9.84 Å². The molecule has 2 heterocycles. The molecule has 0 aromatic heterocycles. The second-order valence-corrected chi connectivity index (χ2v) is 11.2. The van der Waals surface area contributed by atoms with Gasteiger partial charge in [0.05, 0.1) is 23.2 Å². The number of benzene rings is 2. The van der Waals surface area contributed by atoms with Crippen LogP contribution in [0.5, 0.6) is 5.75 Å². The van der Waals surface area contributed by atoms with Crippen LogP contribution < -0.4 is 20.4 Å². The summed E-state index contributed by atoms with van der Waals surface area (Å²) in [5.74, 6) is -0.816. The van der Waals surface area contributed by atoms with Gasteiger partial charge in [0.25, 0.3) is 0 Å². The summed E-state index contributed by atoms with van der Waals surface area (Å²) in [6, 6.07) is 8.54. The van der Waals surface area contributed by atoms with Gasteiger partial charge in [0, 0.05) is 30.9 Å². The van der Waals surface area contributed by atoms with E-state index in [9.17, 15) is 26.4 Å². The van der Waals surface area contributed by atoms with Gasteiger partial charge in [-0.2, -0.15) is 0 Å². The highest BCUT2D eigenvalue weighted by Crippen LogP contribution is 2.41. The van der Waals surface area contributed by atoms with Crippen molar-refractivity contribution in [2.24, 2.45) is 0 Å². The summed E-state index contributed by atoms with van der Waals surface area (Å²) in [4.78, 5) is 14.2. The second kappa shape index (κ2) is 9.83. The van der Waals surface area contributed by atoms with E-state index in [0.717, 1.165) is 0 Å². The third-order valence-electron chi connectivity index (χ3n) is 5.98. The number of hydrogen-bond donors (Lipinski definition) is 2. The molecule has 36 heavy (non-hydrogen) atoms. The summed E-state index contributed by atoms with van der Waals surface area (Å²) >= 11 is 6.06. The van der Waals surface area contributed by atoms with Crippen molar-refractivity contribution >= 4 is 39.2 Å². The van der Waals surface area contributed by atoms with Crippen molar-refractivity contribution in [2.75, 3.05) is 36.5 Å². The number of allylic oxidation sites excluding steroid dienone is 1. The largest absolute Gasteiger partial charge is 0.573 e. The molecular formula is C23H24ClF3N4O4S. The number of hydrazine groups is 1. The Bertz CT molecular complexity index is 1290. The molecule has 0 radical (unpaired) electrons. The molecule has 194 valence electrons. The average molecular weight is 545 g/mol. The smallest absolute Gasteiger partial charge is 0.404 e. The number of halogens is 4. The first kappa shape index (κ1) is 26.1. The Morgan fingerprint density at radius 3 is 2.39 bits per heavy atom. The normalized spacial score (nSPS) is 19.7. The lowest BCUT2D eigenvalue weighted by molar-refractivity contribution is -0.274. The molecule has 2 aromatic carbocycles. The number of fused-ring (bicyclic) bond motifs is 1. The Balaban J connectivity index is 1.90. The highest BCUT2D eigenvalue weighted by atomic mass is 35.5. The maximum Gasteiger partial charge on any atom is 0.573 e. The van der Waals surface area contributed by atoms with Gasteiger partial charge in [0.15, 0.2) is 15.6 Å². The second-order valence-electron chi connectivity index (χ2n) is 8.43. The zero-order chi connectivity index (χ0) is 26.3. The van der Waals surface area contributed by atoms with Crippen LogP contribution >= 0.6 is 11.6 Å². The molecule has 2 N–H and O–H groups in total. The molecule has 0 bridgehead atoms. The van der Waals surface area contributed by atoms with Gasteiger partial charge in [-0.3, -0.25) is 0 Å². The fourth-order valence-electron chi connectivity index (χ4n) is 4.21. The van der Waals surface area contributed by atoms with Crippen LogP contribution in [0.2, 0.25) is 5.02 Å². The summed E-state index contributed by atoms with van der Waals surface area (Å²) in [7, 11) is -1.81. The number of sulfone groups is 1. The lowest BCUT2D eigenvalue weighted by Gasteiger charge is -2.32. The molecule has 2 aromatic rings. The predicted octanol–water partition coefficient (Wildman–Crippen LogP) is 4.08. The van der Waals surface area contributed by atoms with Crippen molar-refractivity contribution in [3.8, 4) is 5.75 Å². The summed E-state index contributed by atoms with van der Waals surface area (Å²) in [5.41, 5.74) is 5.37. The van der Waals surface area contributed by atoms with E-state index in [-0.39, 0.29) is 30.3 Å². The number of rotatable bonds is 3. The third kappa shape index (κ3) is 5.71. The Hall–Kier alpha value is -2.96. The van der Waals surface area contributed by atoms with Crippen molar-refractivity contribution in [1.29, 1.82) is 0 Å². The van der Waals surface area contributed by atoms with E-state index in [1.807, 2.05) is 0 Å². The SMILES string of the molecule is CNC(=O)N1NC(c2ccc(Cl)cc2)c2cc(N3CCS(=O)(=O)CC3)c(OC(F)(F)F)cc2C=C1C. The van der Waals surface area contributed by atoms with Gasteiger partial charge >= 0.3 is 12.4 Å². The Morgan fingerprint density at radius 2 is 1.81 bits per heavy atom. The van der Waals surface area contributed by atoms with E-state index in [4.69, 9.17) is 11.6 Å². The maximum atomic E-state index is 13.4. The number of nitrogens with one attached hydrogen (secondary N) is 2. The summed E-state index contributed by atoms with van der Waals surface area (Å²) < 4.78 is 68.3. The molecule has 0 saturated carbocycles. The van der Waals surface area contributed by atoms with E-state index in [0.29, 0.717) is 27.4 Å². The summed E-state index contributed by atoms with van der Waals surface area (Å²) in [5, 5.41) is 4.31. The third-order valence-corrected chi connectivity index (χ3v) is 7.84. The molecule has 1 saturated heterocycles. The number of carbonyl (C=O) groups is 1. The van der Waals surface area contributed by atoms with Crippen LogP contribution in [0.15, 0.2) is 42.1 Å². The van der Waals surface area contributed by atoms with Gasteiger partial charge in [0.1, 0.15) is 0 Å². The molecule has 13 heteroatoms. The van der Waals surface area contributed by atoms with Crippen molar-refractivity contribution in [1.82, 2.24) is 15.8 Å². The Kier molecular flexibility index (Phi) is 7.13. The number of anilines is 1. The van der Waals surface area contributed by atoms with Gasteiger partial charge in [-0.25, -0.2) is 23.6 Å². The van der Waals surface area contributed by atoms with Crippen molar-refractivity contribution in [2.45, 2.75) is 19.3 Å². The molecule has 1 unspecified atom stereocenters. The standard InChI is InChI=1S/C23H24ClF3N4O4S/c1-14-11-16-12-20(35-23(25,26)27)19(30-7-9-36(33,34)10-8-30)13-18(16)21(29-31(14)22(32)28-2)15-3-5-17(24)6-4-15/h3-6,11-13,21,29H,7-10H2,1-2H3,(H,28,32). The number of nitrogens with zero attached hydrogens (tertiary/aromatic N) is 2. The van der Waals surface area contributed by atoms with E-state index in [1.165, 1.54) is 18.1 Å². The van der Waals surface area contributed by atoms with Gasteiger partial charge in [0.2, 0.25) is 0 Å². The number of urea groups is 1. The minimum absolute atomic E-state index is 0.0214. The van der Waals surface area contributed by atoms with Crippen LogP contribution in [0.3, 0.4) is 0 Å². The van der Waals surface area contributed by atoms with Gasteiger partial charge in [-0.1, -0.05) is 23.7 Å². The zero-order valence-corrected chi connectivity index (χ0v) is 21.0. The van der Waals surface area contributed by atoms with Crippen LogP contribution in [-0.4, -0.2) is 57.5 Å². The van der Waals surface area contributed by atoms with Crippen LogP contribution in [0.1, 0.15) is 29.7 Å². The molecule has 1 fully saturated rings. The quantitative estimate of drug-likeness (QED) is 0.605. The molecule has 1 atom stereocenters. The predicted molar refractivity (Wildman–Crippen MR) is 130 cm³/mol. The number of hydrogen-bond acceptors (Lipinski definition) is 6. The monoisotopic (exact) mass is 544 g/mol. The summed E-state index contributed by atoms with van der Waals surface area (Å²) in [6.07, 6.45) is -3.38. The minimum Gasteiger partial charge on any atom is -0.404 e. The fourth-order valence-corrected chi connectivity index (χ4v) is 5.54. The first-order valence-electron chi connectivity index (χ1n) is 11.0. The van der Waals surface area contributed by atoms with Gasteiger partial charge in [-0.05, 0) is 54.0 Å². The number of alkyl halides is 3. The number of amides is 2. The van der Waals surface area contributed by atoms with Crippen molar-refractivity contribution in [3.05, 3.63) is 63.8 Å². The van der Waals surface area contributed by atoms with Crippen LogP contribution in [0.4, 0.5) is 23.7 Å². The molecule has 2 aliphatic rings. The molecule has 8 nitrogen and oxygen atoms in total. The summed E-state index contributed by atoms with van der Waals surface area (Å²) in [6.45, 7) is 1.69. The topological polar surface area (TPSA) is 91.0 Å². The Labute approximate surface area is 211 Å². The van der Waals surface area contributed by atoms with Gasteiger partial charge in [-0.15, -0.1) is 13.2 Å². The average Bonchev–Trinajstić information content (AvgIpc) is 2.93.